The lowest BCUT2D eigenvalue weighted by Gasteiger charge is -2.01. The molecule has 0 unspecified atom stereocenters. The summed E-state index contributed by atoms with van der Waals surface area (Å²) in [6.45, 7) is 0. The number of nitrogens with two attached hydrogens (primary N) is 1. The summed E-state index contributed by atoms with van der Waals surface area (Å²) in [7, 11) is 0. The van der Waals surface area contributed by atoms with Gasteiger partial charge in [-0.15, -0.1) is 0 Å². The number of hydrogen-bond acceptors (Lipinski definition) is 5. The molecule has 0 spiro atoms. The van der Waals surface area contributed by atoms with E-state index in [4.69, 9.17) is 5.73 Å². The van der Waals surface area contributed by atoms with Crippen molar-refractivity contribution < 1.29 is 0 Å². The van der Waals surface area contributed by atoms with Gasteiger partial charge in [-0.3, -0.25) is 4.98 Å². The first kappa shape index (κ1) is 10.2. The minimum absolute atomic E-state index is 0.505. The fourth-order valence-electron chi connectivity index (χ4n) is 1.71. The van der Waals surface area contributed by atoms with Crippen molar-refractivity contribution in [1.29, 1.82) is 0 Å². The molecule has 3 rings (SSSR count). The van der Waals surface area contributed by atoms with E-state index in [1.54, 1.807) is 0 Å². The minimum Gasteiger partial charge on any atom is -0.381 e. The molecule has 0 fully saturated rings. The van der Waals surface area contributed by atoms with Crippen LogP contribution in [0.15, 0.2) is 36.4 Å². The summed E-state index contributed by atoms with van der Waals surface area (Å²) in [4.78, 5) is 4.57. The highest BCUT2D eigenvalue weighted by atomic mass is 32.1. The summed E-state index contributed by atoms with van der Waals surface area (Å²) in [5, 5.41) is 1.14. The summed E-state index contributed by atoms with van der Waals surface area (Å²) in [5.74, 6) is 0.505. The molecule has 0 radical (unpaired) electrons. The fourth-order valence-corrected chi connectivity index (χ4v) is 2.21. The lowest BCUT2D eigenvalue weighted by molar-refractivity contribution is 1.06. The van der Waals surface area contributed by atoms with Gasteiger partial charge in [-0.25, -0.2) is 0 Å². The summed E-state index contributed by atoms with van der Waals surface area (Å²) >= 11 is 1.14. The van der Waals surface area contributed by atoms with Gasteiger partial charge in [-0.1, -0.05) is 24.3 Å². The third-order valence-electron chi connectivity index (χ3n) is 2.59. The number of aromatic nitrogens is 3. The number of para-hydroxylation sites is 1. The highest BCUT2D eigenvalue weighted by molar-refractivity contribution is 6.99. The van der Waals surface area contributed by atoms with Crippen molar-refractivity contribution in [2.24, 2.45) is 0 Å². The van der Waals surface area contributed by atoms with Crippen molar-refractivity contribution in [3.63, 3.8) is 0 Å². The van der Waals surface area contributed by atoms with Gasteiger partial charge in [0.05, 0.1) is 17.2 Å². The molecule has 84 valence electrons. The zero-order chi connectivity index (χ0) is 11.7. The Morgan fingerprint density at radius 1 is 1.06 bits per heavy atom. The standard InChI is InChI=1S/C12H10N4S/c13-12-11(15-17-16-12)7-9-6-5-8-3-1-2-4-10(8)14-9/h1-6H,7H2,(H2,13,16). The van der Waals surface area contributed by atoms with Crippen LogP contribution in [-0.2, 0) is 6.42 Å². The highest BCUT2D eigenvalue weighted by Gasteiger charge is 2.06. The number of pyridine rings is 1. The van der Waals surface area contributed by atoms with E-state index in [1.807, 2.05) is 30.3 Å². The van der Waals surface area contributed by atoms with E-state index in [0.29, 0.717) is 12.2 Å². The van der Waals surface area contributed by atoms with Gasteiger partial charge in [0, 0.05) is 17.5 Å². The van der Waals surface area contributed by atoms with Gasteiger partial charge in [0.25, 0.3) is 0 Å². The second-order valence-corrected chi connectivity index (χ2v) is 4.30. The molecular weight excluding hydrogens is 232 g/mol. The minimum atomic E-state index is 0.505. The molecule has 3 aromatic rings. The maximum absolute atomic E-state index is 5.71. The molecule has 1 aromatic carbocycles. The van der Waals surface area contributed by atoms with E-state index in [9.17, 15) is 0 Å². The second-order valence-electron chi connectivity index (χ2n) is 3.77. The summed E-state index contributed by atoms with van der Waals surface area (Å²) in [6, 6.07) is 12.1. The Morgan fingerprint density at radius 3 is 2.76 bits per heavy atom. The third kappa shape index (κ3) is 1.97. The molecule has 0 saturated heterocycles. The Labute approximate surface area is 102 Å². The smallest absolute Gasteiger partial charge is 0.161 e. The zero-order valence-corrected chi connectivity index (χ0v) is 9.81. The maximum Gasteiger partial charge on any atom is 0.161 e. The third-order valence-corrected chi connectivity index (χ3v) is 3.17. The van der Waals surface area contributed by atoms with Crippen LogP contribution in [0.3, 0.4) is 0 Å². The van der Waals surface area contributed by atoms with Crippen molar-refractivity contribution in [1.82, 2.24) is 13.7 Å². The van der Waals surface area contributed by atoms with Gasteiger partial charge >= 0.3 is 0 Å². The molecule has 0 amide bonds. The average molecular weight is 242 g/mol. The fraction of sp³-hybridized carbons (Fsp3) is 0.0833. The van der Waals surface area contributed by atoms with Crippen molar-refractivity contribution in [2.75, 3.05) is 5.73 Å². The summed E-state index contributed by atoms with van der Waals surface area (Å²) < 4.78 is 8.11. The van der Waals surface area contributed by atoms with Crippen LogP contribution < -0.4 is 5.73 Å². The van der Waals surface area contributed by atoms with Crippen LogP contribution in [0.5, 0.6) is 0 Å². The number of nitrogens with zero attached hydrogens (tertiary/aromatic N) is 3. The SMILES string of the molecule is Nc1nsnc1Cc1ccc2ccccc2n1. The molecule has 0 aliphatic carbocycles. The lowest BCUT2D eigenvalue weighted by Crippen LogP contribution is -1.97. The molecular formula is C12H10N4S. The van der Waals surface area contributed by atoms with E-state index < -0.39 is 0 Å². The molecule has 2 N–H and O–H groups in total. The van der Waals surface area contributed by atoms with E-state index in [2.05, 4.69) is 19.8 Å². The van der Waals surface area contributed by atoms with Crippen LogP contribution in [0.4, 0.5) is 5.82 Å². The Bertz CT molecular complexity index is 662. The highest BCUT2D eigenvalue weighted by Crippen LogP contribution is 2.16. The van der Waals surface area contributed by atoms with Crippen molar-refractivity contribution >= 4 is 28.4 Å². The molecule has 0 saturated carbocycles. The van der Waals surface area contributed by atoms with E-state index in [0.717, 1.165) is 34.0 Å². The first-order chi connectivity index (χ1) is 8.33. The number of benzene rings is 1. The largest absolute Gasteiger partial charge is 0.381 e. The van der Waals surface area contributed by atoms with Crippen molar-refractivity contribution in [3.8, 4) is 0 Å². The van der Waals surface area contributed by atoms with Gasteiger partial charge in [-0.2, -0.15) is 8.75 Å². The average Bonchev–Trinajstić information content (AvgIpc) is 2.75. The van der Waals surface area contributed by atoms with Crippen molar-refractivity contribution in [3.05, 3.63) is 47.8 Å². The van der Waals surface area contributed by atoms with Gasteiger partial charge in [-0.05, 0) is 12.1 Å². The van der Waals surface area contributed by atoms with E-state index in [-0.39, 0.29) is 0 Å². The normalized spacial score (nSPS) is 10.8. The Hall–Kier alpha value is -2.01. The first-order valence-electron chi connectivity index (χ1n) is 5.24. The van der Waals surface area contributed by atoms with Crippen LogP contribution in [0.1, 0.15) is 11.4 Å². The van der Waals surface area contributed by atoms with Crippen LogP contribution >= 0.6 is 11.7 Å². The number of nitrogen functional groups attached to an aromatic ring is 1. The number of fused-ring (bicyclic) bond motifs is 1. The van der Waals surface area contributed by atoms with Gasteiger partial charge in [0.2, 0.25) is 0 Å². The van der Waals surface area contributed by atoms with Gasteiger partial charge in [0.15, 0.2) is 5.82 Å². The van der Waals surface area contributed by atoms with Gasteiger partial charge < -0.3 is 5.73 Å². The van der Waals surface area contributed by atoms with E-state index >= 15 is 0 Å². The zero-order valence-electron chi connectivity index (χ0n) is 9.00. The van der Waals surface area contributed by atoms with Crippen LogP contribution in [0.25, 0.3) is 10.9 Å². The van der Waals surface area contributed by atoms with Gasteiger partial charge in [0.1, 0.15) is 5.69 Å². The van der Waals surface area contributed by atoms with E-state index in [1.165, 1.54) is 0 Å². The molecule has 0 bridgehead atoms. The Kier molecular flexibility index (Phi) is 2.45. The molecule has 0 aliphatic heterocycles. The number of anilines is 1. The molecule has 17 heavy (non-hydrogen) atoms. The number of hydrogen-bond donors (Lipinski definition) is 1. The van der Waals surface area contributed by atoms with Crippen molar-refractivity contribution in [2.45, 2.75) is 6.42 Å². The van der Waals surface area contributed by atoms with Crippen LogP contribution in [-0.4, -0.2) is 13.7 Å². The second kappa shape index (κ2) is 4.10. The quantitative estimate of drug-likeness (QED) is 0.748. The molecule has 2 aromatic heterocycles. The summed E-state index contributed by atoms with van der Waals surface area (Å²) in [5.41, 5.74) is 8.47. The number of rotatable bonds is 2. The Morgan fingerprint density at radius 2 is 1.94 bits per heavy atom. The first-order valence-corrected chi connectivity index (χ1v) is 5.97. The molecule has 2 heterocycles. The molecule has 5 heteroatoms. The summed E-state index contributed by atoms with van der Waals surface area (Å²) in [6.07, 6.45) is 0.632. The molecule has 4 nitrogen and oxygen atoms in total. The Balaban J connectivity index is 1.99. The maximum atomic E-state index is 5.71. The monoisotopic (exact) mass is 242 g/mol. The van der Waals surface area contributed by atoms with Crippen LogP contribution in [0.2, 0.25) is 0 Å². The molecule has 0 aliphatic rings. The van der Waals surface area contributed by atoms with Crippen LogP contribution in [0, 0.1) is 0 Å². The molecule has 0 atom stereocenters. The predicted molar refractivity (Wildman–Crippen MR) is 68.9 cm³/mol. The lowest BCUT2D eigenvalue weighted by atomic mass is 10.1. The predicted octanol–water partition coefficient (Wildman–Crippen LogP) is 2.26. The topological polar surface area (TPSA) is 64.7 Å².